The van der Waals surface area contributed by atoms with Gasteiger partial charge in [-0.15, -0.1) is 0 Å². The van der Waals surface area contributed by atoms with Crippen molar-refractivity contribution < 1.29 is 9.53 Å². The molecule has 0 unspecified atom stereocenters. The van der Waals surface area contributed by atoms with E-state index in [0.29, 0.717) is 5.57 Å². The monoisotopic (exact) mass is 307 g/mol. The molecule has 0 atom stereocenters. The third-order valence-electron chi connectivity index (χ3n) is 2.68. The topological polar surface area (TPSA) is 50.1 Å². The molecule has 1 rings (SSSR count). The molecule has 0 bridgehead atoms. The third kappa shape index (κ3) is 8.69. The van der Waals surface area contributed by atoms with Crippen LogP contribution >= 0.6 is 0 Å². The lowest BCUT2D eigenvalue weighted by atomic mass is 10.1. The van der Waals surface area contributed by atoms with Crippen LogP contribution in [0.1, 0.15) is 12.5 Å². The Balaban J connectivity index is 0.00000108. The molecule has 0 aromatic heterocycles. The van der Waals surface area contributed by atoms with Crippen LogP contribution < -0.4 is 0 Å². The van der Waals surface area contributed by atoms with E-state index in [1.807, 2.05) is 48.6 Å². The Kier molecular flexibility index (Phi) is 10.9. The van der Waals surface area contributed by atoms with E-state index in [9.17, 15) is 4.79 Å². The minimum absolute atomic E-state index is 0.332. The maximum absolute atomic E-state index is 11.6. The molecule has 0 heterocycles. The number of rotatable bonds is 5. The Morgan fingerprint density at radius 3 is 2.30 bits per heavy atom. The summed E-state index contributed by atoms with van der Waals surface area (Å²) in [6.07, 6.45) is 10.3. The Morgan fingerprint density at radius 2 is 1.83 bits per heavy atom. The van der Waals surface area contributed by atoms with Crippen molar-refractivity contribution in [1.82, 2.24) is 0 Å². The number of nitrogens with zero attached hydrogens (tertiary/aromatic N) is 1. The molecule has 23 heavy (non-hydrogen) atoms. The number of carbonyl (C=O) groups excluding carboxylic acids is 1. The zero-order valence-corrected chi connectivity index (χ0v) is 13.5. The average molecular weight is 307 g/mol. The minimum atomic E-state index is -0.332. The lowest BCUT2D eigenvalue weighted by Gasteiger charge is -2.02. The molecule has 3 nitrogen and oxygen atoms in total. The smallest absolute Gasteiger partial charge is 0.334 e. The van der Waals surface area contributed by atoms with Gasteiger partial charge in [0.05, 0.1) is 13.2 Å². The fourth-order valence-corrected chi connectivity index (χ4v) is 1.50. The maximum Gasteiger partial charge on any atom is 0.334 e. The first kappa shape index (κ1) is 19.9. The van der Waals surface area contributed by atoms with Crippen LogP contribution in [-0.2, 0) is 9.53 Å². The lowest BCUT2D eigenvalue weighted by Crippen LogP contribution is -2.03. The van der Waals surface area contributed by atoms with Crippen molar-refractivity contribution in [2.75, 3.05) is 7.11 Å². The van der Waals surface area contributed by atoms with Crippen molar-refractivity contribution in [2.45, 2.75) is 6.92 Å². The van der Waals surface area contributed by atoms with Crippen LogP contribution in [0.15, 0.2) is 85.0 Å². The van der Waals surface area contributed by atoms with Crippen molar-refractivity contribution in [3.05, 3.63) is 90.6 Å². The number of hydrogen-bond acceptors (Lipinski definition) is 3. The highest BCUT2D eigenvalue weighted by Gasteiger charge is 2.06. The van der Waals surface area contributed by atoms with Crippen LogP contribution in [0.2, 0.25) is 0 Å². The Morgan fingerprint density at radius 1 is 1.22 bits per heavy atom. The highest BCUT2D eigenvalue weighted by Crippen LogP contribution is 2.12. The van der Waals surface area contributed by atoms with Crippen LogP contribution in [0, 0.1) is 11.3 Å². The predicted molar refractivity (Wildman–Crippen MR) is 95.3 cm³/mol. The Hall–Kier alpha value is -3.12. The molecule has 0 saturated heterocycles. The van der Waals surface area contributed by atoms with Gasteiger partial charge in [0.25, 0.3) is 0 Å². The van der Waals surface area contributed by atoms with Crippen LogP contribution in [0.4, 0.5) is 0 Å². The number of carbonyl (C=O) groups is 1. The number of allylic oxidation sites excluding steroid dienone is 6. The summed E-state index contributed by atoms with van der Waals surface area (Å²) < 4.78 is 4.73. The van der Waals surface area contributed by atoms with E-state index in [1.54, 1.807) is 25.1 Å². The van der Waals surface area contributed by atoms with Gasteiger partial charge in [0.2, 0.25) is 0 Å². The number of hydrogen-bond donors (Lipinski definition) is 0. The van der Waals surface area contributed by atoms with E-state index < -0.39 is 0 Å². The first-order valence-electron chi connectivity index (χ1n) is 6.92. The fraction of sp³-hybridized carbons (Fsp3) is 0.100. The second kappa shape index (κ2) is 12.6. The van der Waals surface area contributed by atoms with Gasteiger partial charge in [-0.25, -0.2) is 4.79 Å². The summed E-state index contributed by atoms with van der Waals surface area (Å²) in [5.74, 6) is -0.332. The Labute approximate surface area is 138 Å². The van der Waals surface area contributed by atoms with Gasteiger partial charge in [-0.05, 0) is 18.1 Å². The molecule has 0 spiro atoms. The summed E-state index contributed by atoms with van der Waals surface area (Å²) in [5.41, 5.74) is 2.44. The van der Waals surface area contributed by atoms with Crippen LogP contribution in [0.25, 0.3) is 6.08 Å². The first-order chi connectivity index (χ1) is 11.1. The molecular formula is C20H21NO2. The molecule has 0 amide bonds. The predicted octanol–water partition coefficient (Wildman–Crippen LogP) is 4.63. The molecular weight excluding hydrogens is 286 g/mol. The zero-order chi connectivity index (χ0) is 17.5. The lowest BCUT2D eigenvalue weighted by molar-refractivity contribution is -0.136. The quantitative estimate of drug-likeness (QED) is 0.345. The van der Waals surface area contributed by atoms with E-state index in [1.165, 1.54) is 13.2 Å². The largest absolute Gasteiger partial charge is 0.466 e. The summed E-state index contributed by atoms with van der Waals surface area (Å²) in [6.45, 7) is 8.48. The van der Waals surface area contributed by atoms with Crippen LogP contribution in [0.3, 0.4) is 0 Å². The van der Waals surface area contributed by atoms with Gasteiger partial charge in [0.1, 0.15) is 0 Å². The second-order valence-electron chi connectivity index (χ2n) is 4.24. The normalized spacial score (nSPS) is 11.0. The molecule has 0 fully saturated rings. The molecule has 0 N–H and O–H groups in total. The second-order valence-corrected chi connectivity index (χ2v) is 4.24. The molecule has 0 aliphatic rings. The van der Waals surface area contributed by atoms with Gasteiger partial charge in [0, 0.05) is 11.6 Å². The van der Waals surface area contributed by atoms with Crippen molar-refractivity contribution in [1.29, 1.82) is 5.26 Å². The molecule has 1 aromatic carbocycles. The summed E-state index contributed by atoms with van der Waals surface area (Å²) in [7, 11) is 1.38. The van der Waals surface area contributed by atoms with Crippen LogP contribution in [-0.4, -0.2) is 13.1 Å². The molecule has 0 aliphatic carbocycles. The van der Waals surface area contributed by atoms with Crippen LogP contribution in [0.5, 0.6) is 0 Å². The fourth-order valence-electron chi connectivity index (χ4n) is 1.50. The highest BCUT2D eigenvalue weighted by molar-refractivity contribution is 5.90. The number of ether oxygens (including phenoxy) is 1. The van der Waals surface area contributed by atoms with E-state index in [0.717, 1.165) is 11.1 Å². The van der Waals surface area contributed by atoms with Gasteiger partial charge in [-0.3, -0.25) is 0 Å². The number of nitriles is 1. The molecule has 0 saturated carbocycles. The molecule has 118 valence electrons. The molecule has 0 radical (unpaired) electrons. The van der Waals surface area contributed by atoms with E-state index in [4.69, 9.17) is 10.00 Å². The molecule has 3 heteroatoms. The van der Waals surface area contributed by atoms with Crippen molar-refractivity contribution in [2.24, 2.45) is 0 Å². The zero-order valence-electron chi connectivity index (χ0n) is 13.5. The van der Waals surface area contributed by atoms with Gasteiger partial charge in [-0.2, -0.15) is 5.26 Å². The number of esters is 1. The first-order valence-corrected chi connectivity index (χ1v) is 6.92. The standard InChI is InChI=1S/C17H18O2.C3H3N/c1-4-5-11-16(14(2)17(18)19-3)13-12-15-9-7-6-8-10-15;1-2-3-4/h4-13H,1H2,2-3H3;2H,1H2. The molecule has 1 aromatic rings. The highest BCUT2D eigenvalue weighted by atomic mass is 16.5. The number of benzene rings is 1. The van der Waals surface area contributed by atoms with Crippen molar-refractivity contribution in [3.63, 3.8) is 0 Å². The van der Waals surface area contributed by atoms with Gasteiger partial charge < -0.3 is 4.74 Å². The summed E-state index contributed by atoms with van der Waals surface area (Å²) in [6, 6.07) is 11.6. The van der Waals surface area contributed by atoms with Gasteiger partial charge in [0.15, 0.2) is 0 Å². The average Bonchev–Trinajstić information content (AvgIpc) is 2.61. The summed E-state index contributed by atoms with van der Waals surface area (Å²) in [4.78, 5) is 11.6. The summed E-state index contributed by atoms with van der Waals surface area (Å²) in [5, 5.41) is 7.51. The van der Waals surface area contributed by atoms with E-state index in [2.05, 4.69) is 13.2 Å². The minimum Gasteiger partial charge on any atom is -0.466 e. The van der Waals surface area contributed by atoms with E-state index in [-0.39, 0.29) is 5.97 Å². The maximum atomic E-state index is 11.6. The Bertz CT molecular complexity index is 644. The summed E-state index contributed by atoms with van der Waals surface area (Å²) >= 11 is 0. The van der Waals surface area contributed by atoms with Crippen molar-refractivity contribution >= 4 is 12.0 Å². The third-order valence-corrected chi connectivity index (χ3v) is 2.68. The van der Waals surface area contributed by atoms with Gasteiger partial charge in [-0.1, -0.05) is 73.9 Å². The number of methoxy groups -OCH3 is 1. The molecule has 0 aliphatic heterocycles. The SMILES string of the molecule is C=CC#N.C=CC=CC(C=Cc1ccccc1)=C(C)C(=O)OC. The van der Waals surface area contributed by atoms with E-state index >= 15 is 0 Å². The van der Waals surface area contributed by atoms with Gasteiger partial charge >= 0.3 is 5.97 Å². The van der Waals surface area contributed by atoms with Crippen molar-refractivity contribution in [3.8, 4) is 6.07 Å².